The van der Waals surface area contributed by atoms with Gasteiger partial charge in [-0.1, -0.05) is 0 Å². The lowest BCUT2D eigenvalue weighted by molar-refractivity contribution is 0.601. The number of sulfonamides is 1. The highest BCUT2D eigenvalue weighted by molar-refractivity contribution is 9.10. The number of benzene rings is 1. The maximum atomic E-state index is 12.4. The number of nitrogens with zero attached hydrogens (tertiary/aromatic N) is 1. The quantitative estimate of drug-likeness (QED) is 0.813. The summed E-state index contributed by atoms with van der Waals surface area (Å²) in [5, 5.41) is 0. The molecule has 0 saturated carbocycles. The normalized spacial score (nSPS) is 11.4. The van der Waals surface area contributed by atoms with Crippen LogP contribution in [0.25, 0.3) is 0 Å². The van der Waals surface area contributed by atoms with E-state index in [2.05, 4.69) is 25.6 Å². The average Bonchev–Trinajstić information content (AvgIpc) is 2.37. The number of nitrogen functional groups attached to an aromatic ring is 1. The van der Waals surface area contributed by atoms with Gasteiger partial charge < -0.3 is 5.73 Å². The van der Waals surface area contributed by atoms with Gasteiger partial charge in [0, 0.05) is 10.7 Å². The van der Waals surface area contributed by atoms with Crippen molar-refractivity contribution in [3.8, 4) is 0 Å². The number of nitrogens with two attached hydrogens (primary N) is 1. The van der Waals surface area contributed by atoms with Crippen LogP contribution in [0.3, 0.4) is 0 Å². The Morgan fingerprint density at radius 1 is 1.10 bits per heavy atom. The summed E-state index contributed by atoms with van der Waals surface area (Å²) in [6, 6.07) is 4.88. The van der Waals surface area contributed by atoms with Gasteiger partial charge in [-0.3, -0.25) is 4.72 Å². The van der Waals surface area contributed by atoms with Gasteiger partial charge >= 0.3 is 0 Å². The predicted molar refractivity (Wildman–Crippen MR) is 87.8 cm³/mol. The first kappa shape index (κ1) is 15.8. The Morgan fingerprint density at radius 2 is 1.71 bits per heavy atom. The number of hydrogen-bond donors (Lipinski definition) is 2. The molecule has 1 aromatic heterocycles. The van der Waals surface area contributed by atoms with Crippen LogP contribution in [0.15, 0.2) is 33.8 Å². The molecule has 0 fully saturated rings. The largest absolute Gasteiger partial charge is 0.398 e. The third kappa shape index (κ3) is 3.36. The molecule has 0 atom stereocenters. The standard InChI is InChI=1S/C14H16BrN3O2S/c1-8-4-12(16)13(5-9(8)2)21(19,20)18-14-6-10(3)11(15)7-17-14/h4-7H,16H2,1-3H3,(H,17,18). The Balaban J connectivity index is 2.43. The average molecular weight is 370 g/mol. The smallest absolute Gasteiger partial charge is 0.265 e. The molecule has 0 aliphatic rings. The predicted octanol–water partition coefficient (Wildman–Crippen LogP) is 3.15. The summed E-state index contributed by atoms with van der Waals surface area (Å²) < 4.78 is 28.1. The van der Waals surface area contributed by atoms with E-state index in [0.29, 0.717) is 0 Å². The molecule has 0 saturated heterocycles. The van der Waals surface area contributed by atoms with E-state index in [1.165, 1.54) is 0 Å². The summed E-state index contributed by atoms with van der Waals surface area (Å²) in [5.41, 5.74) is 8.76. The Bertz CT molecular complexity index is 804. The van der Waals surface area contributed by atoms with Crippen LogP contribution in [0.1, 0.15) is 16.7 Å². The lowest BCUT2D eigenvalue weighted by atomic mass is 10.1. The molecule has 0 amide bonds. The SMILES string of the molecule is Cc1cc(N)c(S(=O)(=O)Nc2cc(C)c(Br)cn2)cc1C. The lowest BCUT2D eigenvalue weighted by Crippen LogP contribution is -2.16. The van der Waals surface area contributed by atoms with Gasteiger partial charge in [-0.25, -0.2) is 13.4 Å². The molecule has 0 aliphatic heterocycles. The molecule has 0 aliphatic carbocycles. The van der Waals surface area contributed by atoms with Crippen molar-refractivity contribution in [3.63, 3.8) is 0 Å². The molecule has 7 heteroatoms. The first-order chi connectivity index (χ1) is 9.70. The third-order valence-corrected chi connectivity index (χ3v) is 5.44. The number of anilines is 2. The monoisotopic (exact) mass is 369 g/mol. The van der Waals surface area contributed by atoms with E-state index in [0.717, 1.165) is 21.2 Å². The van der Waals surface area contributed by atoms with E-state index in [1.807, 2.05) is 20.8 Å². The van der Waals surface area contributed by atoms with E-state index < -0.39 is 10.0 Å². The minimum absolute atomic E-state index is 0.0629. The van der Waals surface area contributed by atoms with Crippen molar-refractivity contribution in [1.82, 2.24) is 4.98 Å². The van der Waals surface area contributed by atoms with E-state index in [4.69, 9.17) is 5.73 Å². The van der Waals surface area contributed by atoms with Crippen molar-refractivity contribution in [1.29, 1.82) is 0 Å². The van der Waals surface area contributed by atoms with Crippen LogP contribution in [0.4, 0.5) is 11.5 Å². The van der Waals surface area contributed by atoms with E-state index in [1.54, 1.807) is 24.4 Å². The summed E-state index contributed by atoms with van der Waals surface area (Å²) in [6.07, 6.45) is 1.55. The molecule has 21 heavy (non-hydrogen) atoms. The van der Waals surface area contributed by atoms with Crippen LogP contribution in [0.5, 0.6) is 0 Å². The minimum Gasteiger partial charge on any atom is -0.398 e. The number of rotatable bonds is 3. The molecule has 3 N–H and O–H groups in total. The Kier molecular flexibility index (Phi) is 4.25. The molecule has 1 aromatic carbocycles. The van der Waals surface area contributed by atoms with Gasteiger partial charge in [0.25, 0.3) is 10.0 Å². The van der Waals surface area contributed by atoms with Gasteiger partial charge in [-0.2, -0.15) is 0 Å². The first-order valence-electron chi connectivity index (χ1n) is 6.22. The molecule has 2 aromatic rings. The fraction of sp³-hybridized carbons (Fsp3) is 0.214. The minimum atomic E-state index is -3.77. The van der Waals surface area contributed by atoms with E-state index in [-0.39, 0.29) is 16.4 Å². The molecule has 1 heterocycles. The summed E-state index contributed by atoms with van der Waals surface area (Å²) in [5.74, 6) is 0.258. The van der Waals surface area contributed by atoms with Gasteiger partial charge in [0.2, 0.25) is 0 Å². The Morgan fingerprint density at radius 3 is 2.33 bits per heavy atom. The number of pyridine rings is 1. The fourth-order valence-corrected chi connectivity index (χ4v) is 3.25. The van der Waals surface area contributed by atoms with Crippen LogP contribution in [-0.2, 0) is 10.0 Å². The highest BCUT2D eigenvalue weighted by Gasteiger charge is 2.19. The van der Waals surface area contributed by atoms with Crippen LogP contribution >= 0.6 is 15.9 Å². The maximum Gasteiger partial charge on any atom is 0.265 e. The second-order valence-corrected chi connectivity index (χ2v) is 7.40. The molecule has 0 spiro atoms. The van der Waals surface area contributed by atoms with E-state index >= 15 is 0 Å². The molecule has 0 unspecified atom stereocenters. The molecule has 112 valence electrons. The zero-order chi connectivity index (χ0) is 15.8. The fourth-order valence-electron chi connectivity index (χ4n) is 1.83. The van der Waals surface area contributed by atoms with Gasteiger partial charge in [-0.05, 0) is 71.6 Å². The third-order valence-electron chi connectivity index (χ3n) is 3.20. The van der Waals surface area contributed by atoms with Crippen LogP contribution in [0.2, 0.25) is 0 Å². The van der Waals surface area contributed by atoms with Crippen molar-refractivity contribution >= 4 is 37.5 Å². The lowest BCUT2D eigenvalue weighted by Gasteiger charge is -2.12. The number of halogens is 1. The zero-order valence-corrected chi connectivity index (χ0v) is 14.3. The maximum absolute atomic E-state index is 12.4. The van der Waals surface area contributed by atoms with Gasteiger partial charge in [0.05, 0.1) is 5.69 Å². The summed E-state index contributed by atoms with van der Waals surface area (Å²) >= 11 is 3.32. The number of hydrogen-bond acceptors (Lipinski definition) is 4. The van der Waals surface area contributed by atoms with Crippen LogP contribution in [0, 0.1) is 20.8 Å². The summed E-state index contributed by atoms with van der Waals surface area (Å²) in [7, 11) is -3.77. The summed E-state index contributed by atoms with van der Waals surface area (Å²) in [4.78, 5) is 4.10. The van der Waals surface area contributed by atoms with Crippen molar-refractivity contribution in [2.45, 2.75) is 25.7 Å². The van der Waals surface area contributed by atoms with Crippen LogP contribution in [-0.4, -0.2) is 13.4 Å². The van der Waals surface area contributed by atoms with Crippen molar-refractivity contribution in [2.24, 2.45) is 0 Å². The van der Waals surface area contributed by atoms with Crippen molar-refractivity contribution in [2.75, 3.05) is 10.5 Å². The zero-order valence-electron chi connectivity index (χ0n) is 11.9. The second kappa shape index (κ2) is 5.65. The number of nitrogens with one attached hydrogen (secondary N) is 1. The topological polar surface area (TPSA) is 85.1 Å². The van der Waals surface area contributed by atoms with Crippen molar-refractivity contribution in [3.05, 3.63) is 45.6 Å². The number of aromatic nitrogens is 1. The van der Waals surface area contributed by atoms with Crippen LogP contribution < -0.4 is 10.5 Å². The van der Waals surface area contributed by atoms with Gasteiger partial charge in [0.1, 0.15) is 10.7 Å². The highest BCUT2D eigenvalue weighted by Crippen LogP contribution is 2.25. The van der Waals surface area contributed by atoms with Gasteiger partial charge in [-0.15, -0.1) is 0 Å². The first-order valence-corrected chi connectivity index (χ1v) is 8.50. The summed E-state index contributed by atoms with van der Waals surface area (Å²) in [6.45, 7) is 5.58. The Labute approximate surface area is 132 Å². The molecule has 0 radical (unpaired) electrons. The molecule has 5 nitrogen and oxygen atoms in total. The van der Waals surface area contributed by atoms with E-state index in [9.17, 15) is 8.42 Å². The molecular formula is C14H16BrN3O2S. The molecule has 2 rings (SSSR count). The second-order valence-electron chi connectivity index (χ2n) is 4.90. The van der Waals surface area contributed by atoms with Crippen molar-refractivity contribution < 1.29 is 8.42 Å². The number of aryl methyl sites for hydroxylation is 3. The highest BCUT2D eigenvalue weighted by atomic mass is 79.9. The van der Waals surface area contributed by atoms with Gasteiger partial charge in [0.15, 0.2) is 0 Å². The Hall–Kier alpha value is -1.60. The molecular weight excluding hydrogens is 354 g/mol. The molecule has 0 bridgehead atoms.